The number of rotatable bonds is 7. The molecule has 2 aliphatic heterocycles. The monoisotopic (exact) mass is 538 g/mol. The van der Waals surface area contributed by atoms with Gasteiger partial charge in [-0.1, -0.05) is 13.8 Å². The lowest BCUT2D eigenvalue weighted by Gasteiger charge is -2.45. The summed E-state index contributed by atoms with van der Waals surface area (Å²) in [6.07, 6.45) is 9.03. The van der Waals surface area contributed by atoms with Crippen LogP contribution in [-0.4, -0.2) is 78.2 Å². The molecule has 4 heterocycles. The maximum absolute atomic E-state index is 13.6. The largest absolute Gasteiger partial charge is 0.492 e. The van der Waals surface area contributed by atoms with Crippen LogP contribution in [0.25, 0.3) is 11.7 Å². The molecule has 2 N–H and O–H groups in total. The zero-order valence-corrected chi connectivity index (χ0v) is 23.9. The van der Waals surface area contributed by atoms with Crippen molar-refractivity contribution in [3.63, 3.8) is 0 Å². The Bertz CT molecular complexity index is 1360. The van der Waals surface area contributed by atoms with Gasteiger partial charge in [0.05, 0.1) is 5.69 Å². The van der Waals surface area contributed by atoms with Gasteiger partial charge in [-0.25, -0.2) is 0 Å². The zero-order chi connectivity index (χ0) is 28.1. The van der Waals surface area contributed by atoms with E-state index in [1.165, 1.54) is 9.08 Å². The number of nitrogens with one attached hydrogen (secondary N) is 1. The van der Waals surface area contributed by atoms with Gasteiger partial charge in [0.1, 0.15) is 5.65 Å². The molecule has 0 unspecified atom stereocenters. The maximum atomic E-state index is 13.6. The van der Waals surface area contributed by atoms with Gasteiger partial charge in [-0.15, -0.1) is 0 Å². The first-order chi connectivity index (χ1) is 18.5. The van der Waals surface area contributed by atoms with E-state index in [9.17, 15) is 19.5 Å². The highest BCUT2D eigenvalue weighted by atomic mass is 16.3. The average Bonchev–Trinajstić information content (AvgIpc) is 3.50. The number of carbonyl (C=O) groups excluding carboxylic acids is 2. The molecule has 3 fully saturated rings. The highest BCUT2D eigenvalue weighted by molar-refractivity contribution is 5.97. The number of amides is 2. The highest BCUT2D eigenvalue weighted by Gasteiger charge is 2.45. The van der Waals surface area contributed by atoms with E-state index in [0.29, 0.717) is 29.5 Å². The number of likely N-dealkylation sites (tertiary alicyclic amines) is 2. The van der Waals surface area contributed by atoms with Gasteiger partial charge >= 0.3 is 0 Å². The van der Waals surface area contributed by atoms with Gasteiger partial charge in [-0.2, -0.15) is 9.61 Å². The van der Waals surface area contributed by atoms with Gasteiger partial charge in [0, 0.05) is 55.4 Å². The van der Waals surface area contributed by atoms with Crippen molar-refractivity contribution >= 4 is 23.5 Å². The first-order valence-corrected chi connectivity index (χ1v) is 14.4. The van der Waals surface area contributed by atoms with Crippen LogP contribution < -0.4 is 10.9 Å². The highest BCUT2D eigenvalue weighted by Crippen LogP contribution is 2.39. The summed E-state index contributed by atoms with van der Waals surface area (Å²) >= 11 is 0. The SMILES string of the molecule is Cc1nn2c(O)c(C(=O)NC3CC3)c(=O)n(CC(C)C)c2c1/C=C/C(=O)N1CCCC12CCN(C(C)C)CC2. The second kappa shape index (κ2) is 10.4. The van der Waals surface area contributed by atoms with E-state index in [1.807, 2.05) is 18.7 Å². The van der Waals surface area contributed by atoms with Crippen LogP contribution in [0.4, 0.5) is 0 Å². The number of aryl methyl sites for hydroxylation is 1. The van der Waals surface area contributed by atoms with Crippen molar-refractivity contribution in [1.82, 2.24) is 29.3 Å². The summed E-state index contributed by atoms with van der Waals surface area (Å²) in [6.45, 7) is 13.3. The minimum atomic E-state index is -0.581. The fraction of sp³-hybridized carbons (Fsp3) is 0.655. The average molecular weight is 539 g/mol. The van der Waals surface area contributed by atoms with Gasteiger partial charge in [-0.3, -0.25) is 19.0 Å². The lowest BCUT2D eigenvalue weighted by atomic mass is 9.84. The topological polar surface area (TPSA) is 112 Å². The van der Waals surface area contributed by atoms with Gasteiger partial charge < -0.3 is 20.2 Å². The third-order valence-electron chi connectivity index (χ3n) is 8.62. The first-order valence-electron chi connectivity index (χ1n) is 14.4. The number of piperidine rings is 1. The molecule has 2 aromatic heterocycles. The molecular weight excluding hydrogens is 496 g/mol. The van der Waals surface area contributed by atoms with Gasteiger partial charge in [0.15, 0.2) is 5.56 Å². The number of aromatic nitrogens is 3. The van der Waals surface area contributed by atoms with Crippen LogP contribution in [0.3, 0.4) is 0 Å². The number of hydrogen-bond acceptors (Lipinski definition) is 6. The van der Waals surface area contributed by atoms with Crippen molar-refractivity contribution in [3.05, 3.63) is 33.3 Å². The Morgan fingerprint density at radius 1 is 1.13 bits per heavy atom. The molecule has 1 saturated carbocycles. The van der Waals surface area contributed by atoms with E-state index >= 15 is 0 Å². The van der Waals surface area contributed by atoms with Crippen molar-refractivity contribution in [2.75, 3.05) is 19.6 Å². The van der Waals surface area contributed by atoms with Crippen molar-refractivity contribution in [2.45, 2.75) is 97.3 Å². The second-order valence-corrected chi connectivity index (χ2v) is 12.3. The quantitative estimate of drug-likeness (QED) is 0.525. The normalized spacial score (nSPS) is 19.8. The number of carbonyl (C=O) groups is 2. The van der Waals surface area contributed by atoms with Gasteiger partial charge in [-0.05, 0) is 71.3 Å². The van der Waals surface area contributed by atoms with Crippen LogP contribution >= 0.6 is 0 Å². The summed E-state index contributed by atoms with van der Waals surface area (Å²) < 4.78 is 2.78. The van der Waals surface area contributed by atoms with Crippen LogP contribution in [0.2, 0.25) is 0 Å². The fourth-order valence-electron chi connectivity index (χ4n) is 6.28. The molecule has 5 rings (SSSR count). The molecule has 39 heavy (non-hydrogen) atoms. The second-order valence-electron chi connectivity index (χ2n) is 12.3. The number of nitrogens with zero attached hydrogens (tertiary/aromatic N) is 5. The van der Waals surface area contributed by atoms with Crippen LogP contribution in [0.1, 0.15) is 87.8 Å². The number of aromatic hydroxyl groups is 1. The zero-order valence-electron chi connectivity index (χ0n) is 23.9. The third-order valence-corrected chi connectivity index (χ3v) is 8.62. The van der Waals surface area contributed by atoms with Gasteiger partial charge in [0.25, 0.3) is 11.5 Å². The van der Waals surface area contributed by atoms with Crippen LogP contribution in [0, 0.1) is 12.8 Å². The lowest BCUT2D eigenvalue weighted by molar-refractivity contribution is -0.131. The van der Waals surface area contributed by atoms with E-state index in [4.69, 9.17) is 0 Å². The molecule has 2 aromatic rings. The van der Waals surface area contributed by atoms with Crippen molar-refractivity contribution < 1.29 is 14.7 Å². The molecule has 0 bridgehead atoms. The molecule has 0 radical (unpaired) electrons. The Kier molecular flexibility index (Phi) is 7.35. The van der Waals surface area contributed by atoms with Crippen molar-refractivity contribution in [1.29, 1.82) is 0 Å². The minimum Gasteiger partial charge on any atom is -0.492 e. The first kappa shape index (κ1) is 27.4. The van der Waals surface area contributed by atoms with Crippen LogP contribution in [0.15, 0.2) is 10.9 Å². The Labute approximate surface area is 229 Å². The molecule has 1 spiro atoms. The predicted molar refractivity (Wildman–Crippen MR) is 150 cm³/mol. The molecule has 212 valence electrons. The van der Waals surface area contributed by atoms with Gasteiger partial charge in [0.2, 0.25) is 11.8 Å². The Hall–Kier alpha value is -3.14. The molecular formula is C29H42N6O4. The van der Waals surface area contributed by atoms with Crippen molar-refractivity contribution in [2.24, 2.45) is 5.92 Å². The molecule has 0 aromatic carbocycles. The molecule has 10 heteroatoms. The van der Waals surface area contributed by atoms with Crippen LogP contribution in [0.5, 0.6) is 5.88 Å². The van der Waals surface area contributed by atoms with E-state index in [-0.39, 0.29) is 29.0 Å². The summed E-state index contributed by atoms with van der Waals surface area (Å²) in [7, 11) is 0. The summed E-state index contributed by atoms with van der Waals surface area (Å²) in [5, 5.41) is 18.3. The lowest BCUT2D eigenvalue weighted by Crippen LogP contribution is -2.54. The summed E-state index contributed by atoms with van der Waals surface area (Å²) in [5.74, 6) is -0.989. The van der Waals surface area contributed by atoms with E-state index < -0.39 is 17.3 Å². The standard InChI is InChI=1S/C29H42N6O4/c1-18(2)17-33-26-22(20(5)31-35(26)28(39)24(27(33)38)25(37)30-21-7-8-21)9-10-23(36)34-14-6-11-29(34)12-15-32(16-13-29)19(3)4/h9-10,18-19,21,39H,6-8,11-17H2,1-5H3,(H,30,37)/b10-9+. The van der Waals surface area contributed by atoms with E-state index in [2.05, 4.69) is 29.2 Å². The maximum Gasteiger partial charge on any atom is 0.270 e. The summed E-state index contributed by atoms with van der Waals surface area (Å²) in [5.41, 5.74) is 0.599. The number of fused-ring (bicyclic) bond motifs is 1. The Morgan fingerprint density at radius 2 is 1.82 bits per heavy atom. The van der Waals surface area contributed by atoms with E-state index in [1.54, 1.807) is 19.1 Å². The molecule has 10 nitrogen and oxygen atoms in total. The summed E-state index contributed by atoms with van der Waals surface area (Å²) in [4.78, 5) is 44.5. The van der Waals surface area contributed by atoms with E-state index in [0.717, 1.165) is 58.2 Å². The third kappa shape index (κ3) is 5.11. The smallest absolute Gasteiger partial charge is 0.270 e. The molecule has 2 amide bonds. The molecule has 3 aliphatic rings. The molecule has 2 saturated heterocycles. The Balaban J connectivity index is 1.49. The summed E-state index contributed by atoms with van der Waals surface area (Å²) in [6, 6.07) is 0.549. The van der Waals surface area contributed by atoms with Crippen LogP contribution in [-0.2, 0) is 11.3 Å². The Morgan fingerprint density at radius 3 is 2.44 bits per heavy atom. The fourth-order valence-corrected chi connectivity index (χ4v) is 6.28. The number of hydrogen-bond donors (Lipinski definition) is 2. The molecule has 0 atom stereocenters. The van der Waals surface area contributed by atoms with Crippen molar-refractivity contribution in [3.8, 4) is 5.88 Å². The minimum absolute atomic E-state index is 0.0355. The predicted octanol–water partition coefficient (Wildman–Crippen LogP) is 2.94. The molecule has 1 aliphatic carbocycles.